The molecule has 14 nitrogen and oxygen atoms in total. The molecule has 16 heteroatoms. The lowest BCUT2D eigenvalue weighted by molar-refractivity contribution is 0.0509. The number of methoxy groups -OCH3 is 2. The molecular formula is C30H28N8O6S2. The number of pyridine rings is 2. The van der Waals surface area contributed by atoms with E-state index in [0.29, 0.717) is 47.7 Å². The zero-order chi connectivity index (χ0) is 32.5. The van der Waals surface area contributed by atoms with Crippen LogP contribution in [0, 0.1) is 0 Å². The summed E-state index contributed by atoms with van der Waals surface area (Å²) in [5.41, 5.74) is 8.15. The van der Waals surface area contributed by atoms with Crippen LogP contribution in [0.4, 0.5) is 0 Å². The Hall–Kier alpha value is -5.48. The average molecular weight is 661 g/mol. The fourth-order valence-corrected chi connectivity index (χ4v) is 5.14. The van der Waals surface area contributed by atoms with Gasteiger partial charge >= 0.3 is 11.9 Å². The van der Waals surface area contributed by atoms with Crippen molar-refractivity contribution in [3.05, 3.63) is 82.0 Å². The number of aromatic nitrogens is 8. The highest BCUT2D eigenvalue weighted by Gasteiger charge is 2.20. The second-order valence-electron chi connectivity index (χ2n) is 8.96. The molecule has 0 atom stereocenters. The highest BCUT2D eigenvalue weighted by Crippen LogP contribution is 2.26. The van der Waals surface area contributed by atoms with Crippen molar-refractivity contribution in [1.82, 2.24) is 39.5 Å². The van der Waals surface area contributed by atoms with Crippen molar-refractivity contribution in [2.24, 2.45) is 0 Å². The minimum Gasteiger partial charge on any atom is -0.481 e. The number of carbonyl (C=O) groups is 2. The van der Waals surface area contributed by atoms with E-state index in [4.69, 9.17) is 18.9 Å². The summed E-state index contributed by atoms with van der Waals surface area (Å²) < 4.78 is 23.4. The number of thiazole rings is 2. The molecule has 6 heterocycles. The molecule has 0 aliphatic carbocycles. The van der Waals surface area contributed by atoms with Crippen LogP contribution in [0.25, 0.3) is 34.2 Å². The minimum atomic E-state index is -0.468. The van der Waals surface area contributed by atoms with E-state index in [1.54, 1.807) is 85.1 Å². The predicted molar refractivity (Wildman–Crippen MR) is 170 cm³/mol. The largest absolute Gasteiger partial charge is 0.481 e. The van der Waals surface area contributed by atoms with E-state index >= 15 is 0 Å². The van der Waals surface area contributed by atoms with E-state index in [1.165, 1.54) is 22.7 Å². The van der Waals surface area contributed by atoms with E-state index in [0.717, 1.165) is 11.4 Å². The van der Waals surface area contributed by atoms with Crippen molar-refractivity contribution in [3.8, 4) is 45.9 Å². The first-order chi connectivity index (χ1) is 22.4. The SMILES string of the molecule is CCOC(=O)c1cc(-c2cscn2)n(-c2ccc(OC)nc2)n1.CCOC(=O)c1cc(-c2cscn2)n(-c2ccc(OC)nc2)n1. The molecule has 236 valence electrons. The van der Waals surface area contributed by atoms with Gasteiger partial charge in [-0.3, -0.25) is 0 Å². The number of esters is 2. The minimum absolute atomic E-state index is 0.227. The molecule has 0 aromatic carbocycles. The molecule has 0 amide bonds. The standard InChI is InChI=1S/2C15H14N4O3S/c2*1-3-22-15(20)11-6-13(12-8-23-9-17-12)19(18-11)10-4-5-14(21-2)16-7-10/h2*4-9H,3H2,1-2H3. The summed E-state index contributed by atoms with van der Waals surface area (Å²) in [5, 5.41) is 12.4. The average Bonchev–Trinajstić information content (AvgIpc) is 3.92. The van der Waals surface area contributed by atoms with E-state index in [-0.39, 0.29) is 11.4 Å². The summed E-state index contributed by atoms with van der Waals surface area (Å²) in [5.74, 6) is 0.0665. The predicted octanol–water partition coefficient (Wildman–Crippen LogP) is 5.15. The zero-order valence-corrected chi connectivity index (χ0v) is 26.8. The Kier molecular flexibility index (Phi) is 10.4. The normalized spacial score (nSPS) is 10.5. The van der Waals surface area contributed by atoms with Gasteiger partial charge in [0, 0.05) is 35.0 Å². The monoisotopic (exact) mass is 660 g/mol. The molecule has 0 saturated carbocycles. The van der Waals surface area contributed by atoms with Crippen LogP contribution in [0.2, 0.25) is 0 Å². The quantitative estimate of drug-likeness (QED) is 0.178. The highest BCUT2D eigenvalue weighted by molar-refractivity contribution is 7.08. The summed E-state index contributed by atoms with van der Waals surface area (Å²) in [4.78, 5) is 40.8. The van der Waals surface area contributed by atoms with Crippen LogP contribution in [0.1, 0.15) is 34.8 Å². The summed E-state index contributed by atoms with van der Waals surface area (Å²) in [7, 11) is 3.10. The molecule has 6 aromatic rings. The molecule has 0 saturated heterocycles. The fraction of sp³-hybridized carbons (Fsp3) is 0.200. The number of hydrogen-bond donors (Lipinski definition) is 0. The first-order valence-corrected chi connectivity index (χ1v) is 15.7. The van der Waals surface area contributed by atoms with Crippen LogP contribution < -0.4 is 9.47 Å². The fourth-order valence-electron chi connectivity index (χ4n) is 4.05. The van der Waals surface area contributed by atoms with Crippen LogP contribution in [-0.4, -0.2) is 78.9 Å². The topological polar surface area (TPSA) is 158 Å². The Morgan fingerprint density at radius 1 is 0.674 bits per heavy atom. The number of carbonyl (C=O) groups excluding carboxylic acids is 2. The lowest BCUT2D eigenvalue weighted by atomic mass is 10.3. The van der Waals surface area contributed by atoms with Gasteiger partial charge in [-0.05, 0) is 26.0 Å². The van der Waals surface area contributed by atoms with Crippen molar-refractivity contribution < 1.29 is 28.5 Å². The Morgan fingerprint density at radius 2 is 1.11 bits per heavy atom. The van der Waals surface area contributed by atoms with Crippen LogP contribution in [-0.2, 0) is 9.47 Å². The van der Waals surface area contributed by atoms with Crippen molar-refractivity contribution >= 4 is 34.6 Å². The maximum absolute atomic E-state index is 12.0. The Balaban J connectivity index is 0.000000181. The molecule has 0 aliphatic heterocycles. The maximum Gasteiger partial charge on any atom is 0.358 e. The van der Waals surface area contributed by atoms with Gasteiger partial charge in [-0.2, -0.15) is 10.2 Å². The van der Waals surface area contributed by atoms with Crippen LogP contribution >= 0.6 is 22.7 Å². The Bertz CT molecular complexity index is 1730. The molecule has 0 radical (unpaired) electrons. The van der Waals surface area contributed by atoms with Gasteiger partial charge in [0.25, 0.3) is 0 Å². The van der Waals surface area contributed by atoms with Gasteiger partial charge in [0.05, 0.1) is 85.0 Å². The number of ether oxygens (including phenoxy) is 4. The molecule has 0 spiro atoms. The van der Waals surface area contributed by atoms with Gasteiger partial charge in [0.2, 0.25) is 11.8 Å². The van der Waals surface area contributed by atoms with Gasteiger partial charge in [-0.1, -0.05) is 0 Å². The van der Waals surface area contributed by atoms with Gasteiger partial charge < -0.3 is 18.9 Å². The molecule has 0 bridgehead atoms. The van der Waals surface area contributed by atoms with E-state index < -0.39 is 11.9 Å². The van der Waals surface area contributed by atoms with Gasteiger partial charge in [0.15, 0.2) is 11.4 Å². The molecule has 0 fully saturated rings. The smallest absolute Gasteiger partial charge is 0.358 e. The molecule has 0 aliphatic rings. The number of nitrogens with zero attached hydrogens (tertiary/aromatic N) is 8. The van der Waals surface area contributed by atoms with Crippen molar-refractivity contribution in [3.63, 3.8) is 0 Å². The van der Waals surface area contributed by atoms with Gasteiger partial charge in [-0.25, -0.2) is 38.9 Å². The second kappa shape index (κ2) is 15.0. The van der Waals surface area contributed by atoms with E-state index in [1.807, 2.05) is 22.9 Å². The molecule has 0 N–H and O–H groups in total. The summed E-state index contributed by atoms with van der Waals surface area (Å²) >= 11 is 2.94. The second-order valence-corrected chi connectivity index (χ2v) is 10.4. The maximum atomic E-state index is 12.0. The molecule has 6 rings (SSSR count). The first-order valence-electron chi connectivity index (χ1n) is 13.8. The lowest BCUT2D eigenvalue weighted by Gasteiger charge is -2.06. The third-order valence-corrected chi connectivity index (χ3v) is 7.30. The molecule has 6 aromatic heterocycles. The molecular weight excluding hydrogens is 633 g/mol. The summed E-state index contributed by atoms with van der Waals surface area (Å²) in [6.45, 7) is 4.09. The Morgan fingerprint density at radius 3 is 1.41 bits per heavy atom. The van der Waals surface area contributed by atoms with Crippen LogP contribution in [0.3, 0.4) is 0 Å². The van der Waals surface area contributed by atoms with E-state index in [2.05, 4.69) is 30.1 Å². The van der Waals surface area contributed by atoms with Crippen molar-refractivity contribution in [2.45, 2.75) is 13.8 Å². The van der Waals surface area contributed by atoms with E-state index in [9.17, 15) is 9.59 Å². The van der Waals surface area contributed by atoms with Gasteiger partial charge in [-0.15, -0.1) is 22.7 Å². The van der Waals surface area contributed by atoms with Crippen molar-refractivity contribution in [2.75, 3.05) is 27.4 Å². The van der Waals surface area contributed by atoms with Crippen LogP contribution in [0.15, 0.2) is 70.6 Å². The molecule has 46 heavy (non-hydrogen) atoms. The van der Waals surface area contributed by atoms with Gasteiger partial charge in [0.1, 0.15) is 0 Å². The Labute approximate surface area is 271 Å². The molecule has 0 unspecified atom stereocenters. The third kappa shape index (κ3) is 7.24. The first kappa shape index (κ1) is 31.9. The highest BCUT2D eigenvalue weighted by atomic mass is 32.1. The zero-order valence-electron chi connectivity index (χ0n) is 25.2. The van der Waals surface area contributed by atoms with Crippen LogP contribution in [0.5, 0.6) is 11.8 Å². The summed E-state index contributed by atoms with van der Waals surface area (Å²) in [6, 6.07) is 10.4. The third-order valence-electron chi connectivity index (χ3n) is 6.13. The van der Waals surface area contributed by atoms with Crippen molar-refractivity contribution in [1.29, 1.82) is 0 Å². The number of rotatable bonds is 10. The number of hydrogen-bond acceptors (Lipinski definition) is 14. The summed E-state index contributed by atoms with van der Waals surface area (Å²) in [6.07, 6.45) is 3.24. The lowest BCUT2D eigenvalue weighted by Crippen LogP contribution is -2.07.